The van der Waals surface area contributed by atoms with Crippen molar-refractivity contribution in [3.8, 4) is 5.75 Å². The van der Waals surface area contributed by atoms with Crippen molar-refractivity contribution in [1.82, 2.24) is 9.59 Å². The molecule has 0 saturated heterocycles. The summed E-state index contributed by atoms with van der Waals surface area (Å²) in [6.07, 6.45) is 0. The van der Waals surface area contributed by atoms with Crippen molar-refractivity contribution in [2.75, 3.05) is 0 Å². The topological polar surface area (TPSA) is 52.1 Å². The molecule has 2 aromatic rings. The summed E-state index contributed by atoms with van der Waals surface area (Å²) in [5.41, 5.74) is 0.590. The van der Waals surface area contributed by atoms with Gasteiger partial charge >= 0.3 is 5.97 Å². The number of nitrogens with zero attached hydrogens (tertiary/aromatic N) is 2. The minimum absolute atomic E-state index is 0.421. The van der Waals surface area contributed by atoms with Crippen LogP contribution in [0.5, 0.6) is 5.75 Å². The molecule has 0 bridgehead atoms. The first kappa shape index (κ1) is 11.2. The second-order valence-corrected chi connectivity index (χ2v) is 4.70. The molecule has 0 spiro atoms. The van der Waals surface area contributed by atoms with Crippen molar-refractivity contribution < 1.29 is 9.53 Å². The summed E-state index contributed by atoms with van der Waals surface area (Å²) in [5.74, 6) is 0.0795. The third kappa shape index (κ3) is 2.45. The Morgan fingerprint density at radius 1 is 1.38 bits per heavy atom. The summed E-state index contributed by atoms with van der Waals surface area (Å²) in [4.78, 5) is 12.1. The second kappa shape index (κ2) is 4.71. The van der Waals surface area contributed by atoms with Gasteiger partial charge in [-0.1, -0.05) is 20.4 Å². The molecule has 0 saturated carbocycles. The standard InChI is InChI=1S/C10H7BrN2O2S/c1-6-9(16-13-12-6)10(14)15-8-4-2-7(11)3-5-8/h2-5H,1H3. The van der Waals surface area contributed by atoms with Crippen LogP contribution >= 0.6 is 27.5 Å². The molecule has 0 aliphatic heterocycles. The number of ether oxygens (including phenoxy) is 1. The van der Waals surface area contributed by atoms with Crippen LogP contribution in [0.3, 0.4) is 0 Å². The van der Waals surface area contributed by atoms with Gasteiger partial charge in [0.25, 0.3) is 0 Å². The number of benzene rings is 1. The molecule has 6 heteroatoms. The van der Waals surface area contributed by atoms with E-state index in [1.54, 1.807) is 31.2 Å². The molecule has 1 heterocycles. The van der Waals surface area contributed by atoms with Gasteiger partial charge in [0.2, 0.25) is 0 Å². The molecule has 2 rings (SSSR count). The molecule has 1 aromatic heterocycles. The fraction of sp³-hybridized carbons (Fsp3) is 0.100. The number of aromatic nitrogens is 2. The average Bonchev–Trinajstić information content (AvgIpc) is 2.68. The molecule has 0 atom stereocenters. The van der Waals surface area contributed by atoms with Crippen molar-refractivity contribution in [2.24, 2.45) is 0 Å². The number of esters is 1. The van der Waals surface area contributed by atoms with Crippen molar-refractivity contribution >= 4 is 33.4 Å². The monoisotopic (exact) mass is 298 g/mol. The first-order valence-corrected chi connectivity index (χ1v) is 6.00. The third-order valence-electron chi connectivity index (χ3n) is 1.86. The van der Waals surface area contributed by atoms with E-state index < -0.39 is 5.97 Å². The lowest BCUT2D eigenvalue weighted by Gasteiger charge is -2.02. The molecule has 0 aliphatic carbocycles. The second-order valence-electron chi connectivity index (χ2n) is 3.03. The van der Waals surface area contributed by atoms with Crippen LogP contribution in [0.1, 0.15) is 15.4 Å². The number of hydrogen-bond acceptors (Lipinski definition) is 5. The van der Waals surface area contributed by atoms with E-state index in [9.17, 15) is 4.79 Å². The van der Waals surface area contributed by atoms with Gasteiger partial charge in [-0.2, -0.15) is 0 Å². The van der Waals surface area contributed by atoms with Crippen molar-refractivity contribution in [2.45, 2.75) is 6.92 Å². The highest BCUT2D eigenvalue weighted by molar-refractivity contribution is 9.10. The minimum Gasteiger partial charge on any atom is -0.422 e. The van der Waals surface area contributed by atoms with Gasteiger partial charge in [-0.05, 0) is 42.7 Å². The van der Waals surface area contributed by atoms with Gasteiger partial charge in [-0.15, -0.1) is 5.10 Å². The fourth-order valence-corrected chi connectivity index (χ4v) is 1.87. The van der Waals surface area contributed by atoms with Gasteiger partial charge in [0.15, 0.2) is 4.88 Å². The Bertz CT molecular complexity index is 510. The molecule has 1 aromatic carbocycles. The number of carbonyl (C=O) groups is 1. The maximum absolute atomic E-state index is 11.7. The van der Waals surface area contributed by atoms with E-state index in [0.29, 0.717) is 16.3 Å². The molecule has 0 radical (unpaired) electrons. The van der Waals surface area contributed by atoms with Crippen LogP contribution in [0.25, 0.3) is 0 Å². The quantitative estimate of drug-likeness (QED) is 0.632. The predicted molar refractivity (Wildman–Crippen MR) is 63.7 cm³/mol. The first-order valence-electron chi connectivity index (χ1n) is 4.43. The predicted octanol–water partition coefficient (Wildman–Crippen LogP) is 2.83. The van der Waals surface area contributed by atoms with Gasteiger partial charge in [-0.25, -0.2) is 4.79 Å². The maximum atomic E-state index is 11.7. The molecule has 0 fully saturated rings. The summed E-state index contributed by atoms with van der Waals surface area (Å²) in [5, 5.41) is 3.75. The van der Waals surface area contributed by atoms with Crippen LogP contribution in [0.2, 0.25) is 0 Å². The lowest BCUT2D eigenvalue weighted by molar-refractivity contribution is 0.0739. The minimum atomic E-state index is -0.421. The van der Waals surface area contributed by atoms with Crippen molar-refractivity contribution in [1.29, 1.82) is 0 Å². The first-order chi connectivity index (χ1) is 7.66. The van der Waals surface area contributed by atoms with Crippen molar-refractivity contribution in [3.05, 3.63) is 39.3 Å². The molecule has 0 N–H and O–H groups in total. The Morgan fingerprint density at radius 3 is 2.62 bits per heavy atom. The lowest BCUT2D eigenvalue weighted by Crippen LogP contribution is -2.07. The van der Waals surface area contributed by atoms with E-state index in [1.807, 2.05) is 0 Å². The maximum Gasteiger partial charge on any atom is 0.357 e. The zero-order chi connectivity index (χ0) is 11.5. The Morgan fingerprint density at radius 2 is 2.06 bits per heavy atom. The summed E-state index contributed by atoms with van der Waals surface area (Å²) in [6.45, 7) is 1.72. The molecule has 82 valence electrons. The molecule has 16 heavy (non-hydrogen) atoms. The number of carbonyl (C=O) groups excluding carboxylic acids is 1. The average molecular weight is 299 g/mol. The fourth-order valence-electron chi connectivity index (χ4n) is 1.07. The molecule has 0 unspecified atom stereocenters. The Kier molecular flexibility index (Phi) is 3.31. The van der Waals surface area contributed by atoms with Crippen LogP contribution in [0.15, 0.2) is 28.7 Å². The highest BCUT2D eigenvalue weighted by Gasteiger charge is 2.15. The zero-order valence-electron chi connectivity index (χ0n) is 8.31. The van der Waals surface area contributed by atoms with E-state index >= 15 is 0 Å². The summed E-state index contributed by atoms with van der Waals surface area (Å²) < 4.78 is 9.78. The van der Waals surface area contributed by atoms with Crippen LogP contribution in [0, 0.1) is 6.92 Å². The van der Waals surface area contributed by atoms with Gasteiger partial charge in [-0.3, -0.25) is 0 Å². The molecular weight excluding hydrogens is 292 g/mol. The van der Waals surface area contributed by atoms with E-state index in [4.69, 9.17) is 4.74 Å². The lowest BCUT2D eigenvalue weighted by atomic mass is 10.3. The number of rotatable bonds is 2. The Balaban J connectivity index is 2.14. The van der Waals surface area contributed by atoms with E-state index in [2.05, 4.69) is 25.5 Å². The smallest absolute Gasteiger partial charge is 0.357 e. The molecule has 0 amide bonds. The van der Waals surface area contributed by atoms with E-state index in [0.717, 1.165) is 16.0 Å². The van der Waals surface area contributed by atoms with E-state index in [-0.39, 0.29) is 0 Å². The normalized spacial score (nSPS) is 10.1. The van der Waals surface area contributed by atoms with E-state index in [1.165, 1.54) is 0 Å². The highest BCUT2D eigenvalue weighted by atomic mass is 79.9. The van der Waals surface area contributed by atoms with Gasteiger partial charge in [0.1, 0.15) is 5.75 Å². The number of halogens is 1. The van der Waals surface area contributed by atoms with Crippen LogP contribution < -0.4 is 4.74 Å². The Hall–Kier alpha value is -1.27. The highest BCUT2D eigenvalue weighted by Crippen LogP contribution is 2.18. The number of aryl methyl sites for hydroxylation is 1. The Labute approximate surface area is 105 Å². The van der Waals surface area contributed by atoms with Crippen molar-refractivity contribution in [3.63, 3.8) is 0 Å². The largest absolute Gasteiger partial charge is 0.422 e. The molecular formula is C10H7BrN2O2S. The third-order valence-corrected chi connectivity index (χ3v) is 3.20. The molecule has 0 aliphatic rings. The summed E-state index contributed by atoms with van der Waals surface area (Å²) in [7, 11) is 0. The van der Waals surface area contributed by atoms with Gasteiger partial charge in [0.05, 0.1) is 5.69 Å². The van der Waals surface area contributed by atoms with Gasteiger partial charge < -0.3 is 4.74 Å². The van der Waals surface area contributed by atoms with Crippen LogP contribution in [-0.4, -0.2) is 15.6 Å². The van der Waals surface area contributed by atoms with Gasteiger partial charge in [0, 0.05) is 4.47 Å². The zero-order valence-corrected chi connectivity index (χ0v) is 10.7. The molecule has 4 nitrogen and oxygen atoms in total. The SMILES string of the molecule is Cc1nnsc1C(=O)Oc1ccc(Br)cc1. The summed E-state index contributed by atoms with van der Waals surface area (Å²) in [6, 6.07) is 7.04. The van der Waals surface area contributed by atoms with Crippen LogP contribution in [-0.2, 0) is 0 Å². The number of hydrogen-bond donors (Lipinski definition) is 0. The summed E-state index contributed by atoms with van der Waals surface area (Å²) >= 11 is 4.34. The van der Waals surface area contributed by atoms with Crippen LogP contribution in [0.4, 0.5) is 0 Å².